The number of nitrogens with one attached hydrogen (secondary N) is 1. The number of carbonyl (C=O) groups excluding carboxylic acids is 1. The number of nitrogens with zero attached hydrogens (tertiary/aromatic N) is 3. The number of carbonyl (C=O) groups is 1. The largest absolute Gasteiger partial charge is 0.284 e. The lowest BCUT2D eigenvalue weighted by Crippen LogP contribution is -2.48. The van der Waals surface area contributed by atoms with Gasteiger partial charge in [0.2, 0.25) is 0 Å². The summed E-state index contributed by atoms with van der Waals surface area (Å²) in [4.78, 5) is 13.1. The minimum Gasteiger partial charge on any atom is -0.284 e. The Hall–Kier alpha value is -1.89. The number of hydrazone groups is 1. The minimum atomic E-state index is -0.129. The smallest absolute Gasteiger partial charge is 0.282 e. The summed E-state index contributed by atoms with van der Waals surface area (Å²) in [5.74, 6) is -0.215. The van der Waals surface area contributed by atoms with E-state index in [9.17, 15) is 4.79 Å². The number of piperidine rings is 1. The van der Waals surface area contributed by atoms with Gasteiger partial charge in [0, 0.05) is 23.5 Å². The fourth-order valence-corrected chi connectivity index (χ4v) is 4.51. The summed E-state index contributed by atoms with van der Waals surface area (Å²) < 4.78 is 1.01. The van der Waals surface area contributed by atoms with Gasteiger partial charge in [0.05, 0.1) is 16.8 Å². The molecular weight excluding hydrogens is 452 g/mol. The van der Waals surface area contributed by atoms with Crippen LogP contribution < -0.4 is 10.4 Å². The molecule has 2 heterocycles. The highest BCUT2D eigenvalue weighted by Crippen LogP contribution is 2.41. The summed E-state index contributed by atoms with van der Waals surface area (Å²) in [6, 6.07) is 15.7. The molecule has 4 rings (SSSR count). The summed E-state index contributed by atoms with van der Waals surface area (Å²) in [6.45, 7) is 3.83. The van der Waals surface area contributed by atoms with Gasteiger partial charge in [0.15, 0.2) is 0 Å². The Morgan fingerprint density at radius 2 is 1.79 bits per heavy atom. The first kappa shape index (κ1) is 20.4. The van der Waals surface area contributed by atoms with Gasteiger partial charge in [-0.1, -0.05) is 65.1 Å². The van der Waals surface area contributed by atoms with Crippen LogP contribution in [0.15, 0.2) is 58.1 Å². The second-order valence-electron chi connectivity index (χ2n) is 7.55. The van der Waals surface area contributed by atoms with Gasteiger partial charge in [-0.05, 0) is 42.7 Å². The van der Waals surface area contributed by atoms with E-state index in [-0.39, 0.29) is 17.9 Å². The van der Waals surface area contributed by atoms with Gasteiger partial charge in [-0.25, -0.2) is 5.01 Å². The van der Waals surface area contributed by atoms with E-state index in [2.05, 4.69) is 40.4 Å². The molecule has 0 saturated carbocycles. The monoisotopic (exact) mass is 474 g/mol. The van der Waals surface area contributed by atoms with Crippen LogP contribution >= 0.6 is 27.5 Å². The predicted molar refractivity (Wildman–Crippen MR) is 121 cm³/mol. The van der Waals surface area contributed by atoms with Crippen LogP contribution in [0.4, 0.5) is 5.69 Å². The van der Waals surface area contributed by atoms with Crippen LogP contribution in [0.2, 0.25) is 5.02 Å². The molecule has 2 atom stereocenters. The van der Waals surface area contributed by atoms with Crippen molar-refractivity contribution in [1.82, 2.24) is 10.4 Å². The van der Waals surface area contributed by atoms with Crippen molar-refractivity contribution >= 4 is 44.8 Å². The summed E-state index contributed by atoms with van der Waals surface area (Å²) in [6.07, 6.45) is 3.43. The molecule has 1 fully saturated rings. The fraction of sp³-hybridized carbons (Fsp3) is 0.364. The lowest BCUT2D eigenvalue weighted by atomic mass is 9.91. The lowest BCUT2D eigenvalue weighted by molar-refractivity contribution is -0.120. The molecule has 2 aromatic carbocycles. The third-order valence-electron chi connectivity index (χ3n) is 5.54. The third kappa shape index (κ3) is 4.34. The standard InChI is InChI=1S/C22H24BrClN4O/c1-15-20(22(29)26-27-13-5-2-6-14-27)25-28(19-8-4-3-7-18(19)24)21(15)16-9-11-17(23)12-10-16/h3-4,7-12,15,21H,2,5-6,13-14H2,1H3,(H,26,29)/t15-,21-/m1/s1. The van der Waals surface area contributed by atoms with Crippen molar-refractivity contribution in [3.8, 4) is 0 Å². The van der Waals surface area contributed by atoms with Crippen LogP contribution in [0.5, 0.6) is 0 Å². The predicted octanol–water partition coefficient (Wildman–Crippen LogP) is 5.17. The molecule has 0 aliphatic carbocycles. The summed E-state index contributed by atoms with van der Waals surface area (Å²) in [5.41, 5.74) is 5.48. The van der Waals surface area contributed by atoms with Crippen LogP contribution in [0.3, 0.4) is 0 Å². The molecule has 2 aliphatic heterocycles. The van der Waals surface area contributed by atoms with E-state index < -0.39 is 0 Å². The van der Waals surface area contributed by atoms with Crippen molar-refractivity contribution in [2.75, 3.05) is 18.1 Å². The highest BCUT2D eigenvalue weighted by molar-refractivity contribution is 9.10. The molecule has 1 amide bonds. The zero-order chi connectivity index (χ0) is 20.4. The Bertz CT molecular complexity index is 911. The molecule has 1 saturated heterocycles. The molecule has 0 bridgehead atoms. The topological polar surface area (TPSA) is 47.9 Å². The van der Waals surface area contributed by atoms with Crippen molar-refractivity contribution in [2.24, 2.45) is 11.0 Å². The number of anilines is 1. The molecule has 0 spiro atoms. The normalized spacial score (nSPS) is 22.4. The summed E-state index contributed by atoms with van der Waals surface area (Å²) in [7, 11) is 0. The van der Waals surface area contributed by atoms with Crippen molar-refractivity contribution in [3.63, 3.8) is 0 Å². The molecule has 2 aliphatic rings. The van der Waals surface area contributed by atoms with Gasteiger partial charge in [0.25, 0.3) is 5.91 Å². The third-order valence-corrected chi connectivity index (χ3v) is 6.39. The molecule has 0 aromatic heterocycles. The minimum absolute atomic E-state index is 0.0859. The van der Waals surface area contributed by atoms with Crippen LogP contribution in [-0.2, 0) is 4.79 Å². The first-order chi connectivity index (χ1) is 14.0. The zero-order valence-corrected chi connectivity index (χ0v) is 18.7. The first-order valence-electron chi connectivity index (χ1n) is 9.98. The van der Waals surface area contributed by atoms with Gasteiger partial charge < -0.3 is 0 Å². The number of halogens is 2. The van der Waals surface area contributed by atoms with Crippen molar-refractivity contribution in [1.29, 1.82) is 0 Å². The molecule has 7 heteroatoms. The molecule has 0 radical (unpaired) electrons. The number of hydrogen-bond donors (Lipinski definition) is 1. The number of benzene rings is 2. The molecule has 29 heavy (non-hydrogen) atoms. The Morgan fingerprint density at radius 3 is 2.48 bits per heavy atom. The average Bonchev–Trinajstić information content (AvgIpc) is 3.07. The SMILES string of the molecule is C[C@@H]1C(C(=O)NN2CCCCC2)=NN(c2ccccc2Cl)[C@H]1c1ccc(Br)cc1. The van der Waals surface area contributed by atoms with E-state index in [1.807, 2.05) is 46.4 Å². The van der Waals surface area contributed by atoms with E-state index in [1.54, 1.807) is 0 Å². The van der Waals surface area contributed by atoms with Crippen LogP contribution in [-0.4, -0.2) is 29.7 Å². The summed E-state index contributed by atoms with van der Waals surface area (Å²) in [5, 5.41) is 9.27. The zero-order valence-electron chi connectivity index (χ0n) is 16.3. The van der Waals surface area contributed by atoms with Gasteiger partial charge in [-0.2, -0.15) is 5.10 Å². The molecule has 152 valence electrons. The first-order valence-corrected chi connectivity index (χ1v) is 11.2. The number of hydrazine groups is 1. The molecule has 2 aromatic rings. The number of amides is 1. The molecule has 1 N–H and O–H groups in total. The molecular formula is C22H24BrClN4O. The molecule has 5 nitrogen and oxygen atoms in total. The van der Waals surface area contributed by atoms with Crippen LogP contribution in [0, 0.1) is 5.92 Å². The lowest BCUT2D eigenvalue weighted by Gasteiger charge is -2.28. The number of hydrogen-bond acceptors (Lipinski definition) is 4. The molecule has 0 unspecified atom stereocenters. The summed E-state index contributed by atoms with van der Waals surface area (Å²) >= 11 is 9.98. The van der Waals surface area contributed by atoms with Crippen molar-refractivity contribution in [3.05, 3.63) is 63.6 Å². The second kappa shape index (κ2) is 8.86. The van der Waals surface area contributed by atoms with Gasteiger partial charge >= 0.3 is 0 Å². The van der Waals surface area contributed by atoms with Gasteiger partial charge in [0.1, 0.15) is 5.71 Å². The van der Waals surface area contributed by atoms with Crippen LogP contribution in [0.25, 0.3) is 0 Å². The van der Waals surface area contributed by atoms with E-state index in [1.165, 1.54) is 6.42 Å². The highest BCUT2D eigenvalue weighted by Gasteiger charge is 2.40. The van der Waals surface area contributed by atoms with E-state index >= 15 is 0 Å². The average molecular weight is 476 g/mol. The van der Waals surface area contributed by atoms with E-state index in [0.29, 0.717) is 10.7 Å². The second-order valence-corrected chi connectivity index (χ2v) is 8.88. The maximum Gasteiger partial charge on any atom is 0.282 e. The van der Waals surface area contributed by atoms with E-state index in [4.69, 9.17) is 16.7 Å². The van der Waals surface area contributed by atoms with Crippen LogP contribution in [0.1, 0.15) is 37.8 Å². The number of rotatable bonds is 4. The Morgan fingerprint density at radius 1 is 1.10 bits per heavy atom. The van der Waals surface area contributed by atoms with Crippen molar-refractivity contribution < 1.29 is 4.79 Å². The van der Waals surface area contributed by atoms with Gasteiger partial charge in [-0.3, -0.25) is 15.2 Å². The highest BCUT2D eigenvalue weighted by atomic mass is 79.9. The Labute approximate surface area is 184 Å². The maximum atomic E-state index is 13.1. The van der Waals surface area contributed by atoms with Crippen molar-refractivity contribution in [2.45, 2.75) is 32.2 Å². The number of para-hydroxylation sites is 1. The quantitative estimate of drug-likeness (QED) is 0.663. The Kier molecular flexibility index (Phi) is 6.23. The fourth-order valence-electron chi connectivity index (χ4n) is 4.02. The van der Waals surface area contributed by atoms with E-state index in [0.717, 1.165) is 41.7 Å². The Balaban J connectivity index is 1.66. The van der Waals surface area contributed by atoms with Gasteiger partial charge in [-0.15, -0.1) is 0 Å². The maximum absolute atomic E-state index is 13.1.